The molecule has 0 bridgehead atoms. The lowest BCUT2D eigenvalue weighted by Gasteiger charge is -2.00. The highest BCUT2D eigenvalue weighted by Gasteiger charge is 2.03. The quantitative estimate of drug-likeness (QED) is 0.748. The number of pyridine rings is 1. The highest BCUT2D eigenvalue weighted by Crippen LogP contribution is 2.11. The summed E-state index contributed by atoms with van der Waals surface area (Å²) in [6, 6.07) is 9.79. The van der Waals surface area contributed by atoms with Gasteiger partial charge in [0.25, 0.3) is 0 Å². The van der Waals surface area contributed by atoms with Crippen molar-refractivity contribution in [3.63, 3.8) is 0 Å². The number of carbonyl (C=O) groups is 1. The molecule has 1 N–H and O–H groups in total. The number of carbonyl (C=O) groups excluding carboxylic acids is 1. The number of hydrogen-bond donors (Lipinski definition) is 1. The third-order valence-corrected chi connectivity index (χ3v) is 3.74. The summed E-state index contributed by atoms with van der Waals surface area (Å²) in [5.74, 6) is -0.103. The van der Waals surface area contributed by atoms with E-state index in [1.54, 1.807) is 28.1 Å². The zero-order valence-electron chi connectivity index (χ0n) is 10.7. The van der Waals surface area contributed by atoms with Crippen LogP contribution in [-0.4, -0.2) is 15.5 Å². The molecule has 0 aromatic carbocycles. The number of rotatable bonds is 4. The highest BCUT2D eigenvalue weighted by molar-refractivity contribution is 7.10. The Morgan fingerprint density at radius 1 is 1.35 bits per heavy atom. The van der Waals surface area contributed by atoms with Gasteiger partial charge in [0.1, 0.15) is 0 Å². The summed E-state index contributed by atoms with van der Waals surface area (Å²) >= 11 is 1.60. The van der Waals surface area contributed by atoms with Crippen LogP contribution in [0.2, 0.25) is 0 Å². The van der Waals surface area contributed by atoms with E-state index in [-0.39, 0.29) is 5.91 Å². The van der Waals surface area contributed by atoms with Crippen molar-refractivity contribution in [1.82, 2.24) is 14.9 Å². The molecule has 3 heterocycles. The smallest absolute Gasteiger partial charge is 0.244 e. The van der Waals surface area contributed by atoms with Crippen LogP contribution in [0, 0.1) is 0 Å². The van der Waals surface area contributed by atoms with Crippen LogP contribution in [0.5, 0.6) is 0 Å². The molecule has 0 spiro atoms. The van der Waals surface area contributed by atoms with E-state index < -0.39 is 0 Å². The third-order valence-electron chi connectivity index (χ3n) is 2.90. The van der Waals surface area contributed by atoms with E-state index in [0.29, 0.717) is 6.54 Å². The molecular weight excluding hydrogens is 270 g/mol. The van der Waals surface area contributed by atoms with E-state index in [2.05, 4.69) is 10.4 Å². The van der Waals surface area contributed by atoms with Gasteiger partial charge in [-0.25, -0.2) is 4.52 Å². The van der Waals surface area contributed by atoms with Gasteiger partial charge in [0.05, 0.1) is 11.7 Å². The van der Waals surface area contributed by atoms with E-state index in [9.17, 15) is 4.79 Å². The Bertz CT molecular complexity index is 743. The molecule has 0 saturated carbocycles. The predicted octanol–water partition coefficient (Wildman–Crippen LogP) is 2.73. The molecule has 100 valence electrons. The van der Waals surface area contributed by atoms with E-state index in [1.165, 1.54) is 0 Å². The number of thiophene rings is 1. The monoisotopic (exact) mass is 283 g/mol. The van der Waals surface area contributed by atoms with E-state index in [0.717, 1.165) is 16.0 Å². The van der Waals surface area contributed by atoms with Crippen molar-refractivity contribution in [3.8, 4) is 0 Å². The van der Waals surface area contributed by atoms with Gasteiger partial charge in [0.2, 0.25) is 5.91 Å². The molecule has 5 heteroatoms. The van der Waals surface area contributed by atoms with Crippen LogP contribution in [0.4, 0.5) is 0 Å². The highest BCUT2D eigenvalue weighted by atomic mass is 32.1. The van der Waals surface area contributed by atoms with Crippen molar-refractivity contribution in [2.45, 2.75) is 6.54 Å². The average Bonchev–Trinajstić information content (AvgIpc) is 3.12. The molecule has 3 aromatic heterocycles. The van der Waals surface area contributed by atoms with Gasteiger partial charge in [0, 0.05) is 29.3 Å². The first-order valence-electron chi connectivity index (χ1n) is 6.23. The number of nitrogens with one attached hydrogen (secondary N) is 1. The number of aromatic nitrogens is 2. The summed E-state index contributed by atoms with van der Waals surface area (Å²) in [4.78, 5) is 12.8. The summed E-state index contributed by atoms with van der Waals surface area (Å²) in [6.07, 6.45) is 7.03. The van der Waals surface area contributed by atoms with Crippen LogP contribution in [0.15, 0.2) is 54.2 Å². The van der Waals surface area contributed by atoms with Crippen molar-refractivity contribution in [1.29, 1.82) is 0 Å². The largest absolute Gasteiger partial charge is 0.348 e. The summed E-state index contributed by atoms with van der Waals surface area (Å²) in [5.41, 5.74) is 2.01. The zero-order valence-corrected chi connectivity index (χ0v) is 11.5. The Kier molecular flexibility index (Phi) is 3.60. The van der Waals surface area contributed by atoms with Crippen LogP contribution >= 0.6 is 11.3 Å². The second-order valence-electron chi connectivity index (χ2n) is 4.27. The van der Waals surface area contributed by atoms with Crippen LogP contribution < -0.4 is 5.32 Å². The third kappa shape index (κ3) is 2.78. The van der Waals surface area contributed by atoms with Crippen LogP contribution in [-0.2, 0) is 11.3 Å². The van der Waals surface area contributed by atoms with Gasteiger partial charge in [-0.1, -0.05) is 12.1 Å². The minimum atomic E-state index is -0.103. The van der Waals surface area contributed by atoms with Gasteiger partial charge < -0.3 is 5.32 Å². The number of amides is 1. The van der Waals surface area contributed by atoms with Gasteiger partial charge >= 0.3 is 0 Å². The summed E-state index contributed by atoms with van der Waals surface area (Å²) in [5, 5.41) is 9.08. The fourth-order valence-electron chi connectivity index (χ4n) is 1.91. The fraction of sp³-hybridized carbons (Fsp3) is 0.0667. The molecule has 4 nitrogen and oxygen atoms in total. The molecule has 0 atom stereocenters. The maximum absolute atomic E-state index is 11.7. The van der Waals surface area contributed by atoms with Gasteiger partial charge in [-0.05, 0) is 29.7 Å². The van der Waals surface area contributed by atoms with Gasteiger partial charge in [-0.2, -0.15) is 5.10 Å². The van der Waals surface area contributed by atoms with Gasteiger partial charge in [-0.15, -0.1) is 11.3 Å². The molecule has 3 aromatic rings. The molecular formula is C15H13N3OS. The van der Waals surface area contributed by atoms with Crippen molar-refractivity contribution in [2.24, 2.45) is 0 Å². The van der Waals surface area contributed by atoms with Crippen LogP contribution in [0.3, 0.4) is 0 Å². The van der Waals surface area contributed by atoms with Gasteiger partial charge in [-0.3, -0.25) is 4.79 Å². The molecule has 0 radical (unpaired) electrons. The standard InChI is InChI=1S/C15H13N3OS/c19-15(7-6-13-4-3-9-20-13)16-10-12-11-17-18-8-2-1-5-14(12)18/h1-9,11H,10H2,(H,16,19). The van der Waals surface area contributed by atoms with Gasteiger partial charge in [0.15, 0.2) is 0 Å². The zero-order chi connectivity index (χ0) is 13.8. The van der Waals surface area contributed by atoms with E-state index >= 15 is 0 Å². The van der Waals surface area contributed by atoms with Crippen molar-refractivity contribution >= 4 is 28.8 Å². The fourth-order valence-corrected chi connectivity index (χ4v) is 2.53. The predicted molar refractivity (Wildman–Crippen MR) is 80.4 cm³/mol. The SMILES string of the molecule is O=C(C=Cc1cccs1)NCc1cnn2ccccc12. The molecule has 3 rings (SSSR count). The lowest BCUT2D eigenvalue weighted by atomic mass is 10.2. The Labute approximate surface area is 120 Å². The second kappa shape index (κ2) is 5.71. The Morgan fingerprint density at radius 3 is 3.15 bits per heavy atom. The molecule has 1 amide bonds. The summed E-state index contributed by atoms with van der Waals surface area (Å²) < 4.78 is 1.79. The summed E-state index contributed by atoms with van der Waals surface area (Å²) in [7, 11) is 0. The first kappa shape index (κ1) is 12.6. The van der Waals surface area contributed by atoms with Crippen LogP contribution in [0.1, 0.15) is 10.4 Å². The maximum Gasteiger partial charge on any atom is 0.244 e. The number of nitrogens with zero attached hydrogens (tertiary/aromatic N) is 2. The Morgan fingerprint density at radius 2 is 2.30 bits per heavy atom. The lowest BCUT2D eigenvalue weighted by molar-refractivity contribution is -0.116. The topological polar surface area (TPSA) is 46.4 Å². The van der Waals surface area contributed by atoms with Crippen molar-refractivity contribution in [2.75, 3.05) is 0 Å². The molecule has 0 unspecified atom stereocenters. The Balaban J connectivity index is 1.63. The lowest BCUT2D eigenvalue weighted by Crippen LogP contribution is -2.20. The molecule has 0 aliphatic rings. The summed E-state index contributed by atoms with van der Waals surface area (Å²) in [6.45, 7) is 0.473. The van der Waals surface area contributed by atoms with E-state index in [4.69, 9.17) is 0 Å². The minimum Gasteiger partial charge on any atom is -0.348 e. The number of hydrogen-bond acceptors (Lipinski definition) is 3. The number of fused-ring (bicyclic) bond motifs is 1. The molecule has 20 heavy (non-hydrogen) atoms. The molecule has 0 aliphatic heterocycles. The van der Waals surface area contributed by atoms with Crippen molar-refractivity contribution in [3.05, 3.63) is 64.6 Å². The minimum absolute atomic E-state index is 0.103. The Hall–Kier alpha value is -2.40. The molecule has 0 saturated heterocycles. The first-order chi connectivity index (χ1) is 9.83. The normalized spacial score (nSPS) is 11.2. The second-order valence-corrected chi connectivity index (χ2v) is 5.25. The molecule has 0 fully saturated rings. The van der Waals surface area contributed by atoms with Crippen molar-refractivity contribution < 1.29 is 4.79 Å². The first-order valence-corrected chi connectivity index (χ1v) is 7.11. The molecule has 0 aliphatic carbocycles. The van der Waals surface area contributed by atoms with E-state index in [1.807, 2.05) is 48.0 Å². The van der Waals surface area contributed by atoms with Crippen LogP contribution in [0.25, 0.3) is 11.6 Å². The average molecular weight is 283 g/mol. The maximum atomic E-state index is 11.7.